The van der Waals surface area contributed by atoms with Crippen LogP contribution >= 0.6 is 23.2 Å². The van der Waals surface area contributed by atoms with Crippen molar-refractivity contribution in [1.29, 1.82) is 0 Å². The van der Waals surface area contributed by atoms with Crippen molar-refractivity contribution in [3.8, 4) is 0 Å². The molecule has 31 heavy (non-hydrogen) atoms. The van der Waals surface area contributed by atoms with Crippen LogP contribution < -0.4 is 10.9 Å². The van der Waals surface area contributed by atoms with Gasteiger partial charge >= 0.3 is 0 Å². The monoisotopic (exact) mass is 459 g/mol. The molecule has 0 spiro atoms. The fourth-order valence-corrected chi connectivity index (χ4v) is 3.48. The lowest BCUT2D eigenvalue weighted by Gasteiger charge is -2.08. The minimum atomic E-state index is -0.362. The molecule has 0 aliphatic rings. The quantitative estimate of drug-likeness (QED) is 0.478. The minimum absolute atomic E-state index is 0.249. The highest BCUT2D eigenvalue weighted by atomic mass is 35.5. The number of hydrogen-bond acceptors (Lipinski definition) is 4. The predicted octanol–water partition coefficient (Wildman–Crippen LogP) is 3.52. The van der Waals surface area contributed by atoms with Gasteiger partial charge < -0.3 is 5.32 Å². The second-order valence-electron chi connectivity index (χ2n) is 6.79. The first-order valence-electron chi connectivity index (χ1n) is 9.31. The van der Waals surface area contributed by atoms with Gasteiger partial charge in [0.05, 0.1) is 29.9 Å². The SMILES string of the molecule is O=C(NCCn1ncc2c(=O)n(Cc3ccc(F)cc3)cnc21)c1cc(Cl)ccc1Cl. The Bertz CT molecular complexity index is 1320. The van der Waals surface area contributed by atoms with Gasteiger partial charge in [-0.05, 0) is 35.9 Å². The molecule has 0 aliphatic carbocycles. The molecular formula is C21H16Cl2FN5O2. The van der Waals surface area contributed by atoms with Gasteiger partial charge in [-0.25, -0.2) is 14.1 Å². The number of carbonyl (C=O) groups is 1. The number of aromatic nitrogens is 4. The fraction of sp³-hybridized carbons (Fsp3) is 0.143. The van der Waals surface area contributed by atoms with Crippen molar-refractivity contribution in [2.24, 2.45) is 0 Å². The van der Waals surface area contributed by atoms with Crippen LogP contribution in [0.4, 0.5) is 4.39 Å². The molecule has 1 N–H and O–H groups in total. The first kappa shape index (κ1) is 21.0. The van der Waals surface area contributed by atoms with Crippen molar-refractivity contribution >= 4 is 40.1 Å². The normalized spacial score (nSPS) is 11.1. The van der Waals surface area contributed by atoms with E-state index >= 15 is 0 Å². The predicted molar refractivity (Wildman–Crippen MR) is 116 cm³/mol. The van der Waals surface area contributed by atoms with Crippen molar-refractivity contribution < 1.29 is 9.18 Å². The van der Waals surface area contributed by atoms with Crippen LogP contribution in [0.3, 0.4) is 0 Å². The lowest BCUT2D eigenvalue weighted by Crippen LogP contribution is -2.28. The average molecular weight is 460 g/mol. The maximum Gasteiger partial charge on any atom is 0.264 e. The van der Waals surface area contributed by atoms with Gasteiger partial charge in [0.15, 0.2) is 5.65 Å². The summed E-state index contributed by atoms with van der Waals surface area (Å²) in [7, 11) is 0. The summed E-state index contributed by atoms with van der Waals surface area (Å²) in [5.74, 6) is -0.700. The highest BCUT2D eigenvalue weighted by Gasteiger charge is 2.13. The summed E-state index contributed by atoms with van der Waals surface area (Å²) in [5, 5.41) is 8.03. The molecule has 2 aromatic heterocycles. The second kappa shape index (κ2) is 8.87. The summed E-state index contributed by atoms with van der Waals surface area (Å²) >= 11 is 12.0. The van der Waals surface area contributed by atoms with Gasteiger partial charge in [-0.2, -0.15) is 5.10 Å². The van der Waals surface area contributed by atoms with E-state index in [1.54, 1.807) is 28.9 Å². The molecule has 10 heteroatoms. The van der Waals surface area contributed by atoms with E-state index in [0.29, 0.717) is 27.6 Å². The Morgan fingerprint density at radius 2 is 1.90 bits per heavy atom. The van der Waals surface area contributed by atoms with Crippen molar-refractivity contribution in [2.45, 2.75) is 13.1 Å². The summed E-state index contributed by atoms with van der Waals surface area (Å²) in [6, 6.07) is 10.6. The van der Waals surface area contributed by atoms with Crippen LogP contribution in [0, 0.1) is 5.82 Å². The molecule has 0 saturated carbocycles. The van der Waals surface area contributed by atoms with Crippen molar-refractivity contribution in [1.82, 2.24) is 24.6 Å². The first-order chi connectivity index (χ1) is 14.9. The van der Waals surface area contributed by atoms with Gasteiger partial charge in [-0.1, -0.05) is 35.3 Å². The first-order valence-corrected chi connectivity index (χ1v) is 10.1. The van der Waals surface area contributed by atoms with Crippen LogP contribution in [-0.2, 0) is 13.1 Å². The zero-order valence-corrected chi connectivity index (χ0v) is 17.6. The molecule has 0 aliphatic heterocycles. The summed E-state index contributed by atoms with van der Waals surface area (Å²) in [6.45, 7) is 0.824. The number of benzene rings is 2. The fourth-order valence-electron chi connectivity index (χ4n) is 3.10. The van der Waals surface area contributed by atoms with Crippen LogP contribution in [-0.4, -0.2) is 31.8 Å². The molecule has 2 aromatic carbocycles. The van der Waals surface area contributed by atoms with Gasteiger partial charge in [0, 0.05) is 11.6 Å². The van der Waals surface area contributed by atoms with E-state index < -0.39 is 0 Å². The number of hydrogen-bond donors (Lipinski definition) is 1. The summed E-state index contributed by atoms with van der Waals surface area (Å²) in [4.78, 5) is 29.4. The topological polar surface area (TPSA) is 81.8 Å². The number of fused-ring (bicyclic) bond motifs is 1. The third-order valence-corrected chi connectivity index (χ3v) is 5.24. The molecule has 0 fully saturated rings. The van der Waals surface area contributed by atoms with Crippen molar-refractivity contribution in [3.05, 3.63) is 92.3 Å². The van der Waals surface area contributed by atoms with Crippen LogP contribution in [0.25, 0.3) is 11.0 Å². The highest BCUT2D eigenvalue weighted by molar-refractivity contribution is 6.35. The Morgan fingerprint density at radius 1 is 1.13 bits per heavy atom. The Labute approximate surface area is 186 Å². The number of nitrogens with one attached hydrogen (secondary N) is 1. The highest BCUT2D eigenvalue weighted by Crippen LogP contribution is 2.20. The lowest BCUT2D eigenvalue weighted by atomic mass is 10.2. The van der Waals surface area contributed by atoms with Gasteiger partial charge in [0.2, 0.25) is 0 Å². The molecule has 0 bridgehead atoms. The Hall–Kier alpha value is -3.23. The number of halogens is 3. The molecule has 158 valence electrons. The molecule has 1 amide bonds. The van der Waals surface area contributed by atoms with Gasteiger partial charge in [-0.15, -0.1) is 0 Å². The minimum Gasteiger partial charge on any atom is -0.350 e. The molecule has 2 heterocycles. The third kappa shape index (κ3) is 4.60. The van der Waals surface area contributed by atoms with Gasteiger partial charge in [0.25, 0.3) is 11.5 Å². The number of amides is 1. The molecule has 0 saturated heterocycles. The zero-order chi connectivity index (χ0) is 22.0. The van der Waals surface area contributed by atoms with Crippen LogP contribution in [0.15, 0.2) is 59.8 Å². The molecule has 0 radical (unpaired) electrons. The van der Waals surface area contributed by atoms with E-state index in [4.69, 9.17) is 23.2 Å². The van der Waals surface area contributed by atoms with Gasteiger partial charge in [-0.3, -0.25) is 14.2 Å². The smallest absolute Gasteiger partial charge is 0.264 e. The summed E-state index contributed by atoms with van der Waals surface area (Å²) in [5.41, 5.74) is 1.21. The van der Waals surface area contributed by atoms with Crippen molar-refractivity contribution in [3.63, 3.8) is 0 Å². The zero-order valence-electron chi connectivity index (χ0n) is 16.1. The number of nitrogens with zero attached hydrogens (tertiary/aromatic N) is 4. The van der Waals surface area contributed by atoms with Crippen molar-refractivity contribution in [2.75, 3.05) is 6.54 Å². The van der Waals surface area contributed by atoms with E-state index in [2.05, 4.69) is 15.4 Å². The van der Waals surface area contributed by atoms with Gasteiger partial charge in [0.1, 0.15) is 17.5 Å². The molecule has 4 aromatic rings. The number of rotatable bonds is 6. The number of carbonyl (C=O) groups excluding carboxylic acids is 1. The van der Waals surface area contributed by atoms with E-state index in [1.165, 1.54) is 35.3 Å². The Morgan fingerprint density at radius 3 is 2.68 bits per heavy atom. The third-order valence-electron chi connectivity index (χ3n) is 4.67. The van der Waals surface area contributed by atoms with Crippen LogP contribution in [0.1, 0.15) is 15.9 Å². The van der Waals surface area contributed by atoms with E-state index in [1.807, 2.05) is 0 Å². The Balaban J connectivity index is 1.46. The second-order valence-corrected chi connectivity index (χ2v) is 7.63. The molecule has 0 atom stereocenters. The lowest BCUT2D eigenvalue weighted by molar-refractivity contribution is 0.0952. The summed E-state index contributed by atoms with van der Waals surface area (Å²) in [6.07, 6.45) is 2.87. The molecule has 0 unspecified atom stereocenters. The maximum absolute atomic E-state index is 13.1. The molecule has 7 nitrogen and oxygen atoms in total. The maximum atomic E-state index is 13.1. The largest absolute Gasteiger partial charge is 0.350 e. The van der Waals surface area contributed by atoms with Crippen LogP contribution in [0.5, 0.6) is 0 Å². The molecular weight excluding hydrogens is 444 g/mol. The van der Waals surface area contributed by atoms with E-state index in [9.17, 15) is 14.0 Å². The van der Waals surface area contributed by atoms with E-state index in [0.717, 1.165) is 5.56 Å². The molecule has 4 rings (SSSR count). The average Bonchev–Trinajstić information content (AvgIpc) is 3.17. The standard InChI is InChI=1S/C21H16Cl2FN5O2/c22-14-3-6-18(23)16(9-14)20(30)25-7-8-29-19-17(10-27-29)21(31)28(12-26-19)11-13-1-4-15(24)5-2-13/h1-6,9-10,12H,7-8,11H2,(H,25,30). The van der Waals surface area contributed by atoms with Crippen LogP contribution in [0.2, 0.25) is 10.0 Å². The van der Waals surface area contributed by atoms with E-state index in [-0.39, 0.29) is 35.9 Å². The Kier molecular flexibility index (Phi) is 6.01. The summed E-state index contributed by atoms with van der Waals surface area (Å²) < 4.78 is 16.0.